The molecule has 0 aromatic heterocycles. The summed E-state index contributed by atoms with van der Waals surface area (Å²) in [6.45, 7) is 4.28. The molecule has 3 heteroatoms. The fourth-order valence-electron chi connectivity index (χ4n) is 2.10. The molecule has 2 aromatic rings. The van der Waals surface area contributed by atoms with E-state index in [1.54, 1.807) is 7.11 Å². The van der Waals surface area contributed by atoms with Gasteiger partial charge >= 0.3 is 0 Å². The standard InChI is InChI=1S/C16H21NO2/c1-13(12-18-2)17-10-11-19-16-9-5-7-14-6-3-4-8-15(14)16/h3-9,13,17H,10-12H2,1-2H3. The summed E-state index contributed by atoms with van der Waals surface area (Å²) in [6, 6.07) is 14.8. The first kappa shape index (κ1) is 13.8. The molecular weight excluding hydrogens is 238 g/mol. The molecule has 1 unspecified atom stereocenters. The third-order valence-corrected chi connectivity index (χ3v) is 3.02. The summed E-state index contributed by atoms with van der Waals surface area (Å²) < 4.78 is 10.9. The zero-order valence-corrected chi connectivity index (χ0v) is 11.6. The lowest BCUT2D eigenvalue weighted by atomic mass is 10.1. The molecule has 0 aliphatic heterocycles. The Labute approximate surface area is 114 Å². The number of benzene rings is 2. The molecule has 0 radical (unpaired) electrons. The quantitative estimate of drug-likeness (QED) is 0.776. The summed E-state index contributed by atoms with van der Waals surface area (Å²) in [5, 5.41) is 5.72. The molecule has 0 spiro atoms. The fourth-order valence-corrected chi connectivity index (χ4v) is 2.10. The van der Waals surface area contributed by atoms with Gasteiger partial charge in [0.1, 0.15) is 12.4 Å². The molecule has 19 heavy (non-hydrogen) atoms. The molecule has 0 saturated carbocycles. The zero-order chi connectivity index (χ0) is 13.5. The van der Waals surface area contributed by atoms with Gasteiger partial charge in [-0.05, 0) is 18.4 Å². The maximum absolute atomic E-state index is 5.84. The van der Waals surface area contributed by atoms with Gasteiger partial charge < -0.3 is 14.8 Å². The second-order valence-corrected chi connectivity index (χ2v) is 4.64. The molecule has 1 N–H and O–H groups in total. The number of ether oxygens (including phenoxy) is 2. The van der Waals surface area contributed by atoms with E-state index in [9.17, 15) is 0 Å². The van der Waals surface area contributed by atoms with Crippen molar-refractivity contribution in [1.82, 2.24) is 5.32 Å². The topological polar surface area (TPSA) is 30.5 Å². The van der Waals surface area contributed by atoms with Crippen LogP contribution in [0.3, 0.4) is 0 Å². The van der Waals surface area contributed by atoms with E-state index in [-0.39, 0.29) is 0 Å². The lowest BCUT2D eigenvalue weighted by molar-refractivity contribution is 0.169. The Morgan fingerprint density at radius 2 is 1.89 bits per heavy atom. The Hall–Kier alpha value is -1.58. The number of fused-ring (bicyclic) bond motifs is 1. The van der Waals surface area contributed by atoms with Crippen molar-refractivity contribution in [3.63, 3.8) is 0 Å². The highest BCUT2D eigenvalue weighted by Gasteiger charge is 2.02. The highest BCUT2D eigenvalue weighted by atomic mass is 16.5. The molecule has 0 heterocycles. The summed E-state index contributed by atoms with van der Waals surface area (Å²) in [4.78, 5) is 0. The van der Waals surface area contributed by atoms with Crippen molar-refractivity contribution in [3.05, 3.63) is 42.5 Å². The van der Waals surface area contributed by atoms with Crippen LogP contribution in [0.15, 0.2) is 42.5 Å². The summed E-state index contributed by atoms with van der Waals surface area (Å²) in [5.74, 6) is 0.944. The Bertz CT molecular complexity index is 508. The van der Waals surface area contributed by atoms with Crippen molar-refractivity contribution in [1.29, 1.82) is 0 Å². The highest BCUT2D eigenvalue weighted by Crippen LogP contribution is 2.24. The van der Waals surface area contributed by atoms with E-state index >= 15 is 0 Å². The molecule has 0 saturated heterocycles. The van der Waals surface area contributed by atoms with Crippen molar-refractivity contribution < 1.29 is 9.47 Å². The Morgan fingerprint density at radius 3 is 2.74 bits per heavy atom. The van der Waals surface area contributed by atoms with Gasteiger partial charge in [-0.15, -0.1) is 0 Å². The summed E-state index contributed by atoms with van der Waals surface area (Å²) in [5.41, 5.74) is 0. The van der Waals surface area contributed by atoms with Crippen LogP contribution in [0.5, 0.6) is 5.75 Å². The molecule has 3 nitrogen and oxygen atoms in total. The predicted octanol–water partition coefficient (Wildman–Crippen LogP) is 2.84. The molecule has 1 atom stereocenters. The summed E-state index contributed by atoms with van der Waals surface area (Å²) in [7, 11) is 1.71. The monoisotopic (exact) mass is 259 g/mol. The summed E-state index contributed by atoms with van der Waals surface area (Å²) >= 11 is 0. The van der Waals surface area contributed by atoms with E-state index in [0.29, 0.717) is 19.3 Å². The van der Waals surface area contributed by atoms with E-state index in [1.807, 2.05) is 24.3 Å². The van der Waals surface area contributed by atoms with Crippen molar-refractivity contribution in [2.45, 2.75) is 13.0 Å². The minimum atomic E-state index is 0.348. The van der Waals surface area contributed by atoms with Crippen molar-refractivity contribution >= 4 is 10.8 Å². The lowest BCUT2D eigenvalue weighted by Crippen LogP contribution is -2.33. The molecule has 0 fully saturated rings. The first-order valence-corrected chi connectivity index (χ1v) is 6.64. The van der Waals surface area contributed by atoms with Crippen molar-refractivity contribution in [3.8, 4) is 5.75 Å². The third-order valence-electron chi connectivity index (χ3n) is 3.02. The van der Waals surface area contributed by atoms with Gasteiger partial charge in [-0.2, -0.15) is 0 Å². The van der Waals surface area contributed by atoms with Crippen LogP contribution in [0.25, 0.3) is 10.8 Å². The molecule has 0 bridgehead atoms. The number of methoxy groups -OCH3 is 1. The third kappa shape index (κ3) is 3.94. The molecule has 2 rings (SSSR count). The SMILES string of the molecule is COCC(C)NCCOc1cccc2ccccc12. The van der Waals surface area contributed by atoms with Gasteiger partial charge in [-0.1, -0.05) is 36.4 Å². The Morgan fingerprint density at radius 1 is 1.11 bits per heavy atom. The average molecular weight is 259 g/mol. The fraction of sp³-hybridized carbons (Fsp3) is 0.375. The second kappa shape index (κ2) is 7.12. The first-order valence-electron chi connectivity index (χ1n) is 6.64. The van der Waals surface area contributed by atoms with Gasteiger partial charge in [-0.3, -0.25) is 0 Å². The van der Waals surface area contributed by atoms with Gasteiger partial charge in [0.05, 0.1) is 6.61 Å². The number of hydrogen-bond donors (Lipinski definition) is 1. The minimum Gasteiger partial charge on any atom is -0.492 e. The molecule has 0 aliphatic carbocycles. The van der Waals surface area contributed by atoms with Crippen LogP contribution in [0.1, 0.15) is 6.92 Å². The normalized spacial score (nSPS) is 12.5. The number of nitrogens with one attached hydrogen (secondary N) is 1. The molecule has 0 amide bonds. The summed E-state index contributed by atoms with van der Waals surface area (Å²) in [6.07, 6.45) is 0. The minimum absolute atomic E-state index is 0.348. The average Bonchev–Trinajstić information content (AvgIpc) is 2.44. The lowest BCUT2D eigenvalue weighted by Gasteiger charge is -2.14. The van der Waals surface area contributed by atoms with Crippen LogP contribution in [0.2, 0.25) is 0 Å². The highest BCUT2D eigenvalue weighted by molar-refractivity contribution is 5.88. The van der Waals surface area contributed by atoms with Gasteiger partial charge in [0, 0.05) is 25.1 Å². The number of rotatable bonds is 7. The van der Waals surface area contributed by atoms with E-state index in [4.69, 9.17) is 9.47 Å². The largest absolute Gasteiger partial charge is 0.492 e. The van der Waals surface area contributed by atoms with Crippen LogP contribution in [-0.2, 0) is 4.74 Å². The molecule has 102 valence electrons. The zero-order valence-electron chi connectivity index (χ0n) is 11.6. The van der Waals surface area contributed by atoms with Crippen LogP contribution in [0.4, 0.5) is 0 Å². The van der Waals surface area contributed by atoms with Gasteiger partial charge in [0.2, 0.25) is 0 Å². The first-order chi connectivity index (χ1) is 9.31. The van der Waals surface area contributed by atoms with Crippen LogP contribution in [-0.4, -0.2) is 32.9 Å². The molecule has 0 aliphatic rings. The predicted molar refractivity (Wildman–Crippen MR) is 78.8 cm³/mol. The van der Waals surface area contributed by atoms with Crippen LogP contribution < -0.4 is 10.1 Å². The maximum Gasteiger partial charge on any atom is 0.127 e. The number of hydrogen-bond acceptors (Lipinski definition) is 3. The van der Waals surface area contributed by atoms with Gasteiger partial charge in [0.15, 0.2) is 0 Å². The molecular formula is C16H21NO2. The Kier molecular flexibility index (Phi) is 5.19. The van der Waals surface area contributed by atoms with E-state index < -0.39 is 0 Å². The van der Waals surface area contributed by atoms with E-state index in [1.165, 1.54) is 5.39 Å². The molecule has 2 aromatic carbocycles. The van der Waals surface area contributed by atoms with Gasteiger partial charge in [-0.25, -0.2) is 0 Å². The Balaban J connectivity index is 1.88. The smallest absolute Gasteiger partial charge is 0.127 e. The maximum atomic E-state index is 5.84. The van der Waals surface area contributed by atoms with Gasteiger partial charge in [0.25, 0.3) is 0 Å². The van der Waals surface area contributed by atoms with Crippen LogP contribution >= 0.6 is 0 Å². The van der Waals surface area contributed by atoms with Crippen molar-refractivity contribution in [2.75, 3.05) is 26.9 Å². The van der Waals surface area contributed by atoms with E-state index in [2.05, 4.69) is 30.4 Å². The second-order valence-electron chi connectivity index (χ2n) is 4.64. The van der Waals surface area contributed by atoms with E-state index in [0.717, 1.165) is 17.7 Å². The van der Waals surface area contributed by atoms with Crippen molar-refractivity contribution in [2.24, 2.45) is 0 Å². The van der Waals surface area contributed by atoms with Crippen LogP contribution in [0, 0.1) is 0 Å².